The smallest absolute Gasteiger partial charge is 0.333 e. The van der Waals surface area contributed by atoms with E-state index in [1.54, 1.807) is 13.0 Å². The first-order valence-corrected chi connectivity index (χ1v) is 6.87. The molecular weight excluding hydrogens is 240 g/mol. The zero-order valence-electron chi connectivity index (χ0n) is 11.8. The van der Waals surface area contributed by atoms with Gasteiger partial charge in [0.2, 0.25) is 0 Å². The topological polar surface area (TPSA) is 38.8 Å². The van der Waals surface area contributed by atoms with Gasteiger partial charge in [0, 0.05) is 5.57 Å². The molecule has 1 aliphatic heterocycles. The molecule has 19 heavy (non-hydrogen) atoms. The van der Waals surface area contributed by atoms with Crippen LogP contribution in [0.15, 0.2) is 37.5 Å². The summed E-state index contributed by atoms with van der Waals surface area (Å²) in [6.07, 6.45) is 8.74. The van der Waals surface area contributed by atoms with Crippen molar-refractivity contribution in [1.82, 2.24) is 0 Å². The van der Waals surface area contributed by atoms with Crippen molar-refractivity contribution < 1.29 is 14.3 Å². The molecule has 0 bridgehead atoms. The normalized spacial score (nSPS) is 22.4. The highest BCUT2D eigenvalue weighted by molar-refractivity contribution is 5.87. The maximum Gasteiger partial charge on any atom is 0.333 e. The lowest BCUT2D eigenvalue weighted by molar-refractivity contribution is -0.141. The molecule has 0 aromatic rings. The minimum Gasteiger partial charge on any atom is -0.455 e. The van der Waals surface area contributed by atoms with Gasteiger partial charge < -0.3 is 9.47 Å². The van der Waals surface area contributed by atoms with Crippen LogP contribution in [-0.4, -0.2) is 24.3 Å². The third-order valence-electron chi connectivity index (χ3n) is 3.23. The summed E-state index contributed by atoms with van der Waals surface area (Å²) in [4.78, 5) is 11.6. The number of rotatable bonds is 10. The summed E-state index contributed by atoms with van der Waals surface area (Å²) in [7, 11) is 0. The van der Waals surface area contributed by atoms with E-state index in [0.29, 0.717) is 18.1 Å². The average molecular weight is 264 g/mol. The van der Waals surface area contributed by atoms with E-state index in [9.17, 15) is 4.79 Å². The van der Waals surface area contributed by atoms with Gasteiger partial charge in [-0.3, -0.25) is 0 Å². The molecule has 106 valence electrons. The van der Waals surface area contributed by atoms with Crippen molar-refractivity contribution in [2.24, 2.45) is 0 Å². The largest absolute Gasteiger partial charge is 0.455 e. The molecule has 1 rings (SSSR count). The number of ether oxygens (including phenoxy) is 2. The van der Waals surface area contributed by atoms with Crippen LogP contribution < -0.4 is 0 Å². The third kappa shape index (κ3) is 5.88. The fraction of sp³-hybridized carbons (Fsp3) is 0.562. The Labute approximate surface area is 116 Å². The quantitative estimate of drug-likeness (QED) is 0.199. The fourth-order valence-corrected chi connectivity index (χ4v) is 1.86. The van der Waals surface area contributed by atoms with Crippen LogP contribution in [0, 0.1) is 0 Å². The van der Waals surface area contributed by atoms with E-state index in [0.717, 1.165) is 25.7 Å². The number of carbonyl (C=O) groups is 1. The minimum atomic E-state index is -0.315. The first-order chi connectivity index (χ1) is 9.08. The van der Waals surface area contributed by atoms with Crippen molar-refractivity contribution in [2.45, 2.75) is 57.3 Å². The molecule has 0 aliphatic carbocycles. The first-order valence-electron chi connectivity index (χ1n) is 6.87. The van der Waals surface area contributed by atoms with Crippen LogP contribution in [0.2, 0.25) is 0 Å². The van der Waals surface area contributed by atoms with Crippen LogP contribution in [0.5, 0.6) is 0 Å². The van der Waals surface area contributed by atoms with Crippen molar-refractivity contribution in [2.75, 3.05) is 0 Å². The number of esters is 1. The van der Waals surface area contributed by atoms with E-state index in [4.69, 9.17) is 9.47 Å². The van der Waals surface area contributed by atoms with Crippen LogP contribution in [-0.2, 0) is 14.3 Å². The predicted octanol–water partition coefficient (Wildman–Crippen LogP) is 3.56. The summed E-state index contributed by atoms with van der Waals surface area (Å²) in [6.45, 7) is 12.8. The molecule has 0 radical (unpaired) electrons. The number of epoxide rings is 1. The Hall–Kier alpha value is -1.35. The van der Waals surface area contributed by atoms with Crippen LogP contribution >= 0.6 is 0 Å². The van der Waals surface area contributed by atoms with Gasteiger partial charge in [-0.15, -0.1) is 6.58 Å². The van der Waals surface area contributed by atoms with Crippen LogP contribution in [0.4, 0.5) is 0 Å². The summed E-state index contributed by atoms with van der Waals surface area (Å²) in [5, 5.41) is 0. The highest BCUT2D eigenvalue weighted by Crippen LogP contribution is 2.28. The van der Waals surface area contributed by atoms with E-state index in [-0.39, 0.29) is 18.2 Å². The zero-order chi connectivity index (χ0) is 14.3. The average Bonchev–Trinajstić information content (AvgIpc) is 3.16. The van der Waals surface area contributed by atoms with Gasteiger partial charge in [-0.25, -0.2) is 4.79 Å². The van der Waals surface area contributed by atoms with E-state index < -0.39 is 0 Å². The van der Waals surface area contributed by atoms with Crippen molar-refractivity contribution in [3.8, 4) is 0 Å². The molecule has 3 atom stereocenters. The second-order valence-corrected chi connectivity index (χ2v) is 4.92. The number of hydrogen-bond donors (Lipinski definition) is 0. The monoisotopic (exact) mass is 264 g/mol. The second-order valence-electron chi connectivity index (χ2n) is 4.92. The summed E-state index contributed by atoms with van der Waals surface area (Å²) in [5.41, 5.74) is 0.542. The maximum absolute atomic E-state index is 11.6. The lowest BCUT2D eigenvalue weighted by Gasteiger charge is -2.10. The fourth-order valence-electron chi connectivity index (χ4n) is 1.86. The van der Waals surface area contributed by atoms with Gasteiger partial charge in [-0.05, 0) is 26.2 Å². The molecule has 0 spiro atoms. The van der Waals surface area contributed by atoms with Crippen molar-refractivity contribution in [1.29, 1.82) is 0 Å². The first kappa shape index (κ1) is 15.7. The van der Waals surface area contributed by atoms with Gasteiger partial charge in [0.25, 0.3) is 0 Å². The van der Waals surface area contributed by atoms with Gasteiger partial charge in [-0.2, -0.15) is 0 Å². The summed E-state index contributed by atoms with van der Waals surface area (Å²) in [5.74, 6) is -0.315. The lowest BCUT2D eigenvalue weighted by atomic mass is 10.1. The van der Waals surface area contributed by atoms with Crippen LogP contribution in [0.25, 0.3) is 0 Å². The van der Waals surface area contributed by atoms with Gasteiger partial charge in [0.15, 0.2) is 0 Å². The van der Waals surface area contributed by atoms with E-state index >= 15 is 0 Å². The Bertz CT molecular complexity index is 346. The van der Waals surface area contributed by atoms with Gasteiger partial charge in [-0.1, -0.05) is 38.2 Å². The Morgan fingerprint density at radius 2 is 2.11 bits per heavy atom. The second kappa shape index (κ2) is 7.95. The molecule has 1 unspecified atom stereocenters. The van der Waals surface area contributed by atoms with E-state index in [2.05, 4.69) is 19.7 Å². The molecule has 3 nitrogen and oxygen atoms in total. The van der Waals surface area contributed by atoms with Gasteiger partial charge >= 0.3 is 5.97 Å². The zero-order valence-corrected chi connectivity index (χ0v) is 11.8. The number of carbonyl (C=O) groups excluding carboxylic acids is 1. The molecular formula is C16H24O3. The van der Waals surface area contributed by atoms with E-state index in [1.807, 2.05) is 6.08 Å². The predicted molar refractivity (Wildman–Crippen MR) is 76.8 cm³/mol. The van der Waals surface area contributed by atoms with Crippen molar-refractivity contribution in [3.05, 3.63) is 37.5 Å². The molecule has 1 saturated heterocycles. The standard InChI is InChI=1S/C16H24O3/c1-5-13(4)18-16(17)12(3)10-8-7-9-11-15-14(6-2)19-15/h5-6,13-15H,1-3,7-11H2,4H3/t13?,14-,15+/m0/s1. The SMILES string of the molecule is C=CC(C)OC(=O)C(=C)CCCCC[C@H]1O[C@H]1C=C. The molecule has 1 fully saturated rings. The van der Waals surface area contributed by atoms with Gasteiger partial charge in [0.1, 0.15) is 12.2 Å². The van der Waals surface area contributed by atoms with Crippen LogP contribution in [0.1, 0.15) is 39.0 Å². The molecule has 1 aliphatic rings. The van der Waals surface area contributed by atoms with E-state index in [1.165, 1.54) is 0 Å². The lowest BCUT2D eigenvalue weighted by Crippen LogP contribution is -2.13. The summed E-state index contributed by atoms with van der Waals surface area (Å²) in [6, 6.07) is 0. The maximum atomic E-state index is 11.6. The van der Waals surface area contributed by atoms with Crippen molar-refractivity contribution >= 4 is 5.97 Å². The molecule has 0 aromatic heterocycles. The Morgan fingerprint density at radius 3 is 2.68 bits per heavy atom. The van der Waals surface area contributed by atoms with Gasteiger partial charge in [0.05, 0.1) is 6.10 Å². The highest BCUT2D eigenvalue weighted by atomic mass is 16.6. The van der Waals surface area contributed by atoms with Crippen molar-refractivity contribution in [3.63, 3.8) is 0 Å². The molecule has 3 heteroatoms. The molecule has 0 aromatic carbocycles. The molecule has 1 heterocycles. The Morgan fingerprint density at radius 1 is 1.37 bits per heavy atom. The molecule has 0 saturated carbocycles. The Kier molecular flexibility index (Phi) is 6.57. The number of unbranched alkanes of at least 4 members (excludes halogenated alkanes) is 2. The highest BCUT2D eigenvalue weighted by Gasteiger charge is 2.34. The molecule has 0 N–H and O–H groups in total. The third-order valence-corrected chi connectivity index (χ3v) is 3.23. The summed E-state index contributed by atoms with van der Waals surface area (Å²) < 4.78 is 10.5. The minimum absolute atomic E-state index is 0.257. The summed E-state index contributed by atoms with van der Waals surface area (Å²) >= 11 is 0. The molecule has 0 amide bonds. The Balaban J connectivity index is 2.02. The number of hydrogen-bond acceptors (Lipinski definition) is 3. The van der Waals surface area contributed by atoms with Crippen LogP contribution in [0.3, 0.4) is 0 Å².